The van der Waals surface area contributed by atoms with Crippen molar-refractivity contribution in [1.29, 1.82) is 0 Å². The van der Waals surface area contributed by atoms with Gasteiger partial charge in [-0.1, -0.05) is 35.3 Å². The Morgan fingerprint density at radius 1 is 1.09 bits per heavy atom. The number of aromatic nitrogens is 2. The molecule has 1 N–H and O–H groups in total. The second kappa shape index (κ2) is 8.16. The lowest BCUT2D eigenvalue weighted by Gasteiger charge is -2.11. The van der Waals surface area contributed by atoms with Gasteiger partial charge in [0.1, 0.15) is 17.3 Å². The molecule has 0 aliphatic heterocycles. The van der Waals surface area contributed by atoms with E-state index in [0.717, 1.165) is 18.4 Å². The number of amides is 1. The van der Waals surface area contributed by atoms with Crippen molar-refractivity contribution in [3.05, 3.63) is 82.1 Å². The second-order valence-corrected chi connectivity index (χ2v) is 9.52. The van der Waals surface area contributed by atoms with Crippen molar-refractivity contribution in [3.63, 3.8) is 0 Å². The van der Waals surface area contributed by atoms with Gasteiger partial charge in [-0.05, 0) is 29.8 Å². The van der Waals surface area contributed by atoms with Gasteiger partial charge < -0.3 is 0 Å². The topological polar surface area (TPSA) is 81.1 Å². The predicted octanol–water partition coefficient (Wildman–Crippen LogP) is 4.97. The van der Waals surface area contributed by atoms with Gasteiger partial charge in [0.05, 0.1) is 27.6 Å². The van der Waals surface area contributed by atoms with Crippen LogP contribution in [0.25, 0.3) is 27.8 Å². The zero-order chi connectivity index (χ0) is 23.2. The number of nitrogens with one attached hydrogen (secondary N) is 1. The van der Waals surface area contributed by atoms with Gasteiger partial charge in [0.25, 0.3) is 5.91 Å². The second-order valence-electron chi connectivity index (χ2n) is 6.93. The van der Waals surface area contributed by atoms with Gasteiger partial charge in [-0.3, -0.25) is 9.36 Å². The lowest BCUT2D eigenvalue weighted by molar-refractivity contribution is 0.0978. The maximum absolute atomic E-state index is 14.8. The van der Waals surface area contributed by atoms with Gasteiger partial charge in [-0.25, -0.2) is 26.9 Å². The van der Waals surface area contributed by atoms with E-state index in [-0.39, 0.29) is 10.7 Å². The molecule has 0 aliphatic carbocycles. The van der Waals surface area contributed by atoms with Crippen molar-refractivity contribution in [1.82, 2.24) is 14.3 Å². The molecule has 0 aliphatic rings. The summed E-state index contributed by atoms with van der Waals surface area (Å²) in [6, 6.07) is 9.47. The van der Waals surface area contributed by atoms with Crippen LogP contribution in [0.1, 0.15) is 10.4 Å². The number of carbonyl (C=O) groups is 1. The average molecular weight is 496 g/mol. The van der Waals surface area contributed by atoms with Gasteiger partial charge in [0.15, 0.2) is 0 Å². The van der Waals surface area contributed by atoms with E-state index >= 15 is 0 Å². The summed E-state index contributed by atoms with van der Waals surface area (Å²) in [5.74, 6) is -2.53. The van der Waals surface area contributed by atoms with Crippen LogP contribution < -0.4 is 4.72 Å². The third-order valence-electron chi connectivity index (χ3n) is 4.58. The first kappa shape index (κ1) is 22.2. The monoisotopic (exact) mass is 495 g/mol. The fourth-order valence-electron chi connectivity index (χ4n) is 3.24. The van der Waals surface area contributed by atoms with Crippen LogP contribution in [-0.4, -0.2) is 30.1 Å². The zero-order valence-electron chi connectivity index (χ0n) is 16.2. The Morgan fingerprint density at radius 3 is 2.44 bits per heavy atom. The highest BCUT2D eigenvalue weighted by Gasteiger charge is 2.21. The molecule has 0 atom stereocenters. The van der Waals surface area contributed by atoms with E-state index < -0.39 is 33.1 Å². The summed E-state index contributed by atoms with van der Waals surface area (Å²) in [6.07, 6.45) is 3.82. The first-order valence-corrected chi connectivity index (χ1v) is 11.6. The fourth-order valence-corrected chi connectivity index (χ4v) is 4.10. The van der Waals surface area contributed by atoms with Crippen LogP contribution in [0.4, 0.5) is 8.78 Å². The summed E-state index contributed by atoms with van der Waals surface area (Å²) in [4.78, 5) is 16.4. The number of hydrogen-bond acceptors (Lipinski definition) is 4. The molecule has 32 heavy (non-hydrogen) atoms. The summed E-state index contributed by atoms with van der Waals surface area (Å²) >= 11 is 12.5. The van der Waals surface area contributed by atoms with Crippen molar-refractivity contribution in [2.45, 2.75) is 0 Å². The molecule has 0 saturated carbocycles. The summed E-state index contributed by atoms with van der Waals surface area (Å²) in [7, 11) is -3.89. The molecule has 0 radical (unpaired) electrons. The van der Waals surface area contributed by atoms with Crippen LogP contribution in [-0.2, 0) is 10.0 Å². The minimum Gasteiger partial charge on any atom is -0.299 e. The number of nitrogens with zero attached hydrogens (tertiary/aromatic N) is 2. The first-order chi connectivity index (χ1) is 15.0. The molecular weight excluding hydrogens is 483 g/mol. The Balaban J connectivity index is 1.90. The molecule has 2 aromatic heterocycles. The molecule has 1 amide bonds. The molecule has 2 aromatic carbocycles. The van der Waals surface area contributed by atoms with Gasteiger partial charge in [-0.15, -0.1) is 0 Å². The number of sulfonamides is 1. The Morgan fingerprint density at radius 2 is 1.78 bits per heavy atom. The fraction of sp³-hybridized carbons (Fsp3) is 0.0476. The third kappa shape index (κ3) is 4.32. The normalized spacial score (nSPS) is 11.7. The van der Waals surface area contributed by atoms with Crippen LogP contribution in [0.2, 0.25) is 10.0 Å². The van der Waals surface area contributed by atoms with Gasteiger partial charge in [-0.2, -0.15) is 0 Å². The molecule has 4 aromatic rings. The molecule has 4 rings (SSSR count). The predicted molar refractivity (Wildman–Crippen MR) is 119 cm³/mol. The van der Waals surface area contributed by atoms with E-state index in [9.17, 15) is 22.0 Å². The highest BCUT2D eigenvalue weighted by Crippen LogP contribution is 2.35. The molecule has 6 nitrogen and oxygen atoms in total. The van der Waals surface area contributed by atoms with Gasteiger partial charge >= 0.3 is 0 Å². The standard InChI is InChI=1S/C21H13Cl2F2N3O3S/c1-32(30,31)27-21(29)15-7-17(23)19(8-18(15)25)28-10-16(11-2-4-13(24)5-3-11)14-6-12(22)9-26-20(14)28/h2-10H,1H3,(H,27,29). The molecule has 0 spiro atoms. The van der Waals surface area contributed by atoms with Crippen LogP contribution in [0.5, 0.6) is 0 Å². The number of carbonyl (C=O) groups excluding carboxylic acids is 1. The SMILES string of the molecule is CS(=O)(=O)NC(=O)c1cc(Cl)c(-n2cc(-c3ccc(F)cc3)c3cc(Cl)cnc32)cc1F. The molecule has 0 unspecified atom stereocenters. The highest BCUT2D eigenvalue weighted by molar-refractivity contribution is 7.89. The van der Waals surface area contributed by atoms with Crippen LogP contribution in [0.15, 0.2) is 54.9 Å². The van der Waals surface area contributed by atoms with Crippen molar-refractivity contribution < 1.29 is 22.0 Å². The van der Waals surface area contributed by atoms with Crippen LogP contribution in [0.3, 0.4) is 0 Å². The quantitative estimate of drug-likeness (QED) is 0.433. The van der Waals surface area contributed by atoms with Gasteiger partial charge in [0.2, 0.25) is 10.0 Å². The number of benzene rings is 2. The number of pyridine rings is 1. The molecule has 0 bridgehead atoms. The number of rotatable bonds is 4. The van der Waals surface area contributed by atoms with Crippen molar-refractivity contribution in [3.8, 4) is 16.8 Å². The summed E-state index contributed by atoms with van der Waals surface area (Å²) in [5, 5.41) is 0.951. The van der Waals surface area contributed by atoms with E-state index in [2.05, 4.69) is 4.98 Å². The van der Waals surface area contributed by atoms with Crippen LogP contribution >= 0.6 is 23.2 Å². The molecule has 164 valence electrons. The maximum Gasteiger partial charge on any atom is 0.267 e. The van der Waals surface area contributed by atoms with Crippen molar-refractivity contribution >= 4 is 50.2 Å². The zero-order valence-corrected chi connectivity index (χ0v) is 18.6. The van der Waals surface area contributed by atoms with E-state index in [0.29, 0.717) is 27.2 Å². The first-order valence-electron chi connectivity index (χ1n) is 8.97. The van der Waals surface area contributed by atoms with Crippen molar-refractivity contribution in [2.75, 3.05) is 6.26 Å². The van der Waals surface area contributed by atoms with E-state index in [4.69, 9.17) is 23.2 Å². The molecule has 0 saturated heterocycles. The summed E-state index contributed by atoms with van der Waals surface area (Å²) in [5.41, 5.74) is 1.33. The Hall–Kier alpha value is -3.01. The van der Waals surface area contributed by atoms with Crippen LogP contribution in [0, 0.1) is 11.6 Å². The lowest BCUT2D eigenvalue weighted by Crippen LogP contribution is -2.30. The Kier molecular flexibility index (Phi) is 5.66. The largest absolute Gasteiger partial charge is 0.299 e. The highest BCUT2D eigenvalue weighted by atomic mass is 35.5. The summed E-state index contributed by atoms with van der Waals surface area (Å²) < 4.78 is 54.0. The van der Waals surface area contributed by atoms with E-state index in [1.807, 2.05) is 0 Å². The number of halogens is 4. The smallest absolute Gasteiger partial charge is 0.267 e. The number of hydrogen-bond donors (Lipinski definition) is 1. The lowest BCUT2D eigenvalue weighted by atomic mass is 10.1. The Labute approximate surface area is 191 Å². The average Bonchev–Trinajstić information content (AvgIpc) is 3.07. The summed E-state index contributed by atoms with van der Waals surface area (Å²) in [6.45, 7) is 0. The molecule has 11 heteroatoms. The maximum atomic E-state index is 14.8. The molecule has 0 fully saturated rings. The van der Waals surface area contributed by atoms with E-state index in [1.165, 1.54) is 22.9 Å². The Bertz CT molecular complexity index is 1490. The van der Waals surface area contributed by atoms with Crippen molar-refractivity contribution in [2.24, 2.45) is 0 Å². The van der Waals surface area contributed by atoms with E-state index in [1.54, 1.807) is 29.1 Å². The molecule has 2 heterocycles. The minimum absolute atomic E-state index is 0.0237. The number of fused-ring (bicyclic) bond motifs is 1. The minimum atomic E-state index is -3.89. The molecular formula is C21H13Cl2F2N3O3S. The van der Waals surface area contributed by atoms with Gasteiger partial charge in [0, 0.05) is 29.4 Å². The third-order valence-corrected chi connectivity index (χ3v) is 5.65.